The van der Waals surface area contributed by atoms with Gasteiger partial charge < -0.3 is 19.3 Å². The molecule has 0 spiro atoms. The molecule has 0 rings (SSSR count). The van der Waals surface area contributed by atoms with Gasteiger partial charge >= 0.3 is 11.9 Å². The summed E-state index contributed by atoms with van der Waals surface area (Å²) >= 11 is 0. The zero-order chi connectivity index (χ0) is 44.9. The van der Waals surface area contributed by atoms with Crippen molar-refractivity contribution in [3.05, 3.63) is 24.3 Å². The van der Waals surface area contributed by atoms with Crippen LogP contribution in [-0.2, 0) is 23.9 Å². The lowest BCUT2D eigenvalue weighted by Gasteiger charge is -2.23. The zero-order valence-electron chi connectivity index (χ0n) is 41.5. The van der Waals surface area contributed by atoms with Gasteiger partial charge in [0.25, 0.3) is 0 Å². The van der Waals surface area contributed by atoms with Gasteiger partial charge in [-0.25, -0.2) is 0 Å². The van der Waals surface area contributed by atoms with Crippen LogP contribution in [0.15, 0.2) is 24.3 Å². The molecule has 0 aromatic carbocycles. The number of carbonyl (C=O) groups is 3. The molecule has 0 aliphatic rings. The molecule has 0 radical (unpaired) electrons. The molecule has 0 aromatic rings. The maximum Gasteiger partial charge on any atom is 0.306 e. The van der Waals surface area contributed by atoms with E-state index in [9.17, 15) is 14.4 Å². The van der Waals surface area contributed by atoms with Gasteiger partial charge in [-0.1, -0.05) is 193 Å². The molecule has 0 fully saturated rings. The SMILES string of the molecule is CCCCCC(/C=C\COC(=O)CCCCCCCCCN(CCCCCCCCCC(=O)OC/C=C\C(CCCCC)CCCCC)C(=O)CCCN(C)C)CCCCC. The Morgan fingerprint density at radius 2 is 0.754 bits per heavy atom. The molecule has 7 nitrogen and oxygen atoms in total. The van der Waals surface area contributed by atoms with Crippen molar-refractivity contribution in [3.63, 3.8) is 0 Å². The van der Waals surface area contributed by atoms with Gasteiger partial charge in [-0.2, -0.15) is 0 Å². The topological polar surface area (TPSA) is 76.1 Å². The number of esters is 2. The summed E-state index contributed by atoms with van der Waals surface area (Å²) in [5.74, 6) is 1.41. The van der Waals surface area contributed by atoms with Crippen LogP contribution < -0.4 is 0 Å². The molecule has 0 aromatic heterocycles. The molecule has 0 saturated carbocycles. The van der Waals surface area contributed by atoms with Crippen molar-refractivity contribution in [2.24, 2.45) is 11.8 Å². The maximum atomic E-state index is 13.2. The predicted octanol–water partition coefficient (Wildman–Crippen LogP) is 15.2. The first-order valence-electron chi connectivity index (χ1n) is 26.3. The summed E-state index contributed by atoms with van der Waals surface area (Å²) in [7, 11) is 4.14. The Morgan fingerprint density at radius 1 is 0.410 bits per heavy atom. The summed E-state index contributed by atoms with van der Waals surface area (Å²) in [6.45, 7) is 12.5. The third-order valence-electron chi connectivity index (χ3n) is 12.2. The fraction of sp³-hybridized carbons (Fsp3) is 0.870. The van der Waals surface area contributed by atoms with Crippen LogP contribution in [0.25, 0.3) is 0 Å². The zero-order valence-corrected chi connectivity index (χ0v) is 41.5. The highest BCUT2D eigenvalue weighted by atomic mass is 16.5. The van der Waals surface area contributed by atoms with E-state index in [1.165, 1.54) is 128 Å². The number of allylic oxidation sites excluding steroid dienone is 2. The molecule has 0 N–H and O–H groups in total. The van der Waals surface area contributed by atoms with Crippen LogP contribution in [0.2, 0.25) is 0 Å². The van der Waals surface area contributed by atoms with Gasteiger partial charge in [-0.05, 0) is 90.3 Å². The van der Waals surface area contributed by atoms with Crippen molar-refractivity contribution in [3.8, 4) is 0 Å². The molecule has 0 aliphatic carbocycles. The van der Waals surface area contributed by atoms with Crippen LogP contribution in [0, 0.1) is 11.8 Å². The second kappa shape index (κ2) is 45.9. The predicted molar refractivity (Wildman–Crippen MR) is 262 cm³/mol. The van der Waals surface area contributed by atoms with E-state index in [0.29, 0.717) is 50.2 Å². The second-order valence-electron chi connectivity index (χ2n) is 18.5. The number of amides is 1. The quantitative estimate of drug-likeness (QED) is 0.0345. The molecule has 0 aliphatic heterocycles. The van der Waals surface area contributed by atoms with Gasteiger partial charge in [-0.15, -0.1) is 0 Å². The summed E-state index contributed by atoms with van der Waals surface area (Å²) in [4.78, 5) is 42.0. The fourth-order valence-corrected chi connectivity index (χ4v) is 8.20. The first-order valence-corrected chi connectivity index (χ1v) is 26.3. The van der Waals surface area contributed by atoms with E-state index < -0.39 is 0 Å². The Morgan fingerprint density at radius 3 is 1.10 bits per heavy atom. The second-order valence-corrected chi connectivity index (χ2v) is 18.5. The monoisotopic (exact) mass is 859 g/mol. The van der Waals surface area contributed by atoms with Gasteiger partial charge in [-0.3, -0.25) is 14.4 Å². The summed E-state index contributed by atoms with van der Waals surface area (Å²) in [5, 5.41) is 0. The van der Waals surface area contributed by atoms with Crippen molar-refractivity contribution in [1.29, 1.82) is 0 Å². The lowest BCUT2D eigenvalue weighted by Crippen LogP contribution is -2.33. The Balaban J connectivity index is 4.22. The van der Waals surface area contributed by atoms with Gasteiger partial charge in [0.2, 0.25) is 5.91 Å². The molecule has 0 unspecified atom stereocenters. The minimum absolute atomic E-state index is 0.0690. The van der Waals surface area contributed by atoms with Crippen molar-refractivity contribution < 1.29 is 23.9 Å². The molecule has 1 amide bonds. The van der Waals surface area contributed by atoms with Crippen molar-refractivity contribution in [2.45, 2.75) is 246 Å². The number of nitrogens with zero attached hydrogens (tertiary/aromatic N) is 2. The van der Waals surface area contributed by atoms with Crippen LogP contribution in [0.3, 0.4) is 0 Å². The Kier molecular flexibility index (Phi) is 44.2. The highest BCUT2D eigenvalue weighted by Crippen LogP contribution is 2.21. The lowest BCUT2D eigenvalue weighted by molar-refractivity contribution is -0.143. The van der Waals surface area contributed by atoms with Crippen LogP contribution >= 0.6 is 0 Å². The number of rotatable bonds is 46. The van der Waals surface area contributed by atoms with E-state index in [1.807, 2.05) is 0 Å². The number of hydrogen-bond acceptors (Lipinski definition) is 6. The molecule has 0 heterocycles. The van der Waals surface area contributed by atoms with Gasteiger partial charge in [0.15, 0.2) is 0 Å². The smallest absolute Gasteiger partial charge is 0.306 e. The van der Waals surface area contributed by atoms with Crippen LogP contribution in [0.1, 0.15) is 246 Å². The summed E-state index contributed by atoms with van der Waals surface area (Å²) < 4.78 is 11.0. The number of unbranched alkanes of at least 4 members (excludes halogenated alkanes) is 20. The molecule has 0 saturated heterocycles. The van der Waals surface area contributed by atoms with Crippen LogP contribution in [0.4, 0.5) is 0 Å². The van der Waals surface area contributed by atoms with Crippen LogP contribution in [-0.4, -0.2) is 74.6 Å². The van der Waals surface area contributed by atoms with Crippen LogP contribution in [0.5, 0.6) is 0 Å². The Bertz CT molecular complexity index is 954. The van der Waals surface area contributed by atoms with E-state index in [1.54, 1.807) is 0 Å². The standard InChI is InChI=1S/C54H102N2O5/c1-7-11-25-36-50(37-26-12-8-2)40-34-48-60-53(58)43-29-21-17-15-19-23-31-46-56(52(57)42-33-45-55(5)6)47-32-24-20-16-18-22-30-44-54(59)61-49-35-41-51(38-27-13-9-3)39-28-14-10-4/h34-35,40-41,50-51H,7-33,36-39,42-49H2,1-6H3/b40-34-,41-35-. The molecule has 0 atom stereocenters. The Hall–Kier alpha value is -2.15. The van der Waals surface area contributed by atoms with Gasteiger partial charge in [0.1, 0.15) is 13.2 Å². The summed E-state index contributed by atoms with van der Waals surface area (Å²) in [5.41, 5.74) is 0. The molecular weight excluding hydrogens is 757 g/mol. The average molecular weight is 859 g/mol. The Labute approximate surface area is 379 Å². The fourth-order valence-electron chi connectivity index (χ4n) is 8.20. The average Bonchev–Trinajstić information content (AvgIpc) is 3.24. The molecule has 358 valence electrons. The minimum Gasteiger partial charge on any atom is -0.461 e. The third kappa shape index (κ3) is 41.6. The molecule has 0 bridgehead atoms. The van der Waals surface area contributed by atoms with E-state index >= 15 is 0 Å². The first-order chi connectivity index (χ1) is 29.8. The van der Waals surface area contributed by atoms with E-state index in [2.05, 4.69) is 75.9 Å². The van der Waals surface area contributed by atoms with Gasteiger partial charge in [0, 0.05) is 32.4 Å². The summed E-state index contributed by atoms with van der Waals surface area (Å²) in [6, 6.07) is 0. The van der Waals surface area contributed by atoms with E-state index in [0.717, 1.165) is 90.3 Å². The summed E-state index contributed by atoms with van der Waals surface area (Å²) in [6.07, 6.45) is 47.1. The van der Waals surface area contributed by atoms with E-state index in [4.69, 9.17) is 9.47 Å². The number of carbonyl (C=O) groups excluding carboxylic acids is 3. The van der Waals surface area contributed by atoms with Crippen molar-refractivity contribution >= 4 is 17.8 Å². The molecule has 61 heavy (non-hydrogen) atoms. The van der Waals surface area contributed by atoms with Crippen molar-refractivity contribution in [1.82, 2.24) is 9.80 Å². The molecular formula is C54H102N2O5. The minimum atomic E-state index is -0.0690. The molecule has 7 heteroatoms. The highest BCUT2D eigenvalue weighted by Gasteiger charge is 2.13. The maximum absolute atomic E-state index is 13.2. The first kappa shape index (κ1) is 58.9. The van der Waals surface area contributed by atoms with E-state index in [-0.39, 0.29) is 11.9 Å². The number of ether oxygens (including phenoxy) is 2. The third-order valence-corrected chi connectivity index (χ3v) is 12.2. The lowest BCUT2D eigenvalue weighted by atomic mass is 9.94. The number of hydrogen-bond donors (Lipinski definition) is 0. The van der Waals surface area contributed by atoms with Gasteiger partial charge in [0.05, 0.1) is 0 Å². The highest BCUT2D eigenvalue weighted by molar-refractivity contribution is 5.76. The normalized spacial score (nSPS) is 11.9. The van der Waals surface area contributed by atoms with Crippen molar-refractivity contribution in [2.75, 3.05) is 46.9 Å². The largest absolute Gasteiger partial charge is 0.461 e.